The number of aromatic nitrogens is 4. The maximum Gasteiger partial charge on any atom is 0.175 e. The quantitative estimate of drug-likeness (QED) is 0.424. The fraction of sp³-hybridized carbons (Fsp3) is 0.227. The molecule has 4 rings (SSSR count). The molecule has 2 atom stereocenters. The summed E-state index contributed by atoms with van der Waals surface area (Å²) < 4.78 is 53.0. The number of hydrogen-bond donors (Lipinski definition) is 1. The zero-order valence-corrected chi connectivity index (χ0v) is 19.3. The molecule has 0 amide bonds. The molecule has 0 saturated heterocycles. The summed E-state index contributed by atoms with van der Waals surface area (Å²) >= 11 is 1.27. The first kappa shape index (κ1) is 23.1. The van der Waals surface area contributed by atoms with Crippen LogP contribution in [0.1, 0.15) is 23.4 Å². The lowest BCUT2D eigenvalue weighted by atomic mass is 9.82. The average Bonchev–Trinajstić information content (AvgIpc) is 3.44. The molecule has 0 spiro atoms. The van der Waals surface area contributed by atoms with E-state index in [4.69, 9.17) is 0 Å². The van der Waals surface area contributed by atoms with Gasteiger partial charge in [-0.05, 0) is 18.2 Å². The van der Waals surface area contributed by atoms with Crippen LogP contribution in [-0.2, 0) is 22.0 Å². The predicted octanol–water partition coefficient (Wildman–Crippen LogP) is 3.77. The van der Waals surface area contributed by atoms with Crippen LogP contribution in [0, 0.1) is 11.6 Å². The van der Waals surface area contributed by atoms with E-state index in [1.165, 1.54) is 46.9 Å². The molecule has 4 aromatic rings. The Balaban J connectivity index is 1.71. The molecule has 172 valence electrons. The Morgan fingerprint density at radius 3 is 2.52 bits per heavy atom. The lowest BCUT2D eigenvalue weighted by molar-refractivity contribution is -0.0112. The largest absolute Gasteiger partial charge is 0.382 e. The van der Waals surface area contributed by atoms with Gasteiger partial charge < -0.3 is 5.11 Å². The maximum atomic E-state index is 14.7. The van der Waals surface area contributed by atoms with Crippen molar-refractivity contribution in [1.29, 1.82) is 0 Å². The summed E-state index contributed by atoms with van der Waals surface area (Å²) in [5.41, 5.74) is -0.601. The van der Waals surface area contributed by atoms with Gasteiger partial charge in [-0.3, -0.25) is 0 Å². The summed E-state index contributed by atoms with van der Waals surface area (Å²) in [6.45, 7) is 1.57. The standard InChI is InChI=1S/C22H20F2N4O3S2/c1-14(21-27-20(10-32-21)15-3-6-17(7-4-15)33(2,30)31)22(29,11-28-13-25-12-26-28)18-8-5-16(23)9-19(18)24/h3-10,12-14,29H,11H2,1-2H3. The van der Waals surface area contributed by atoms with Crippen molar-refractivity contribution in [2.45, 2.75) is 29.9 Å². The van der Waals surface area contributed by atoms with Gasteiger partial charge in [-0.25, -0.2) is 31.8 Å². The van der Waals surface area contributed by atoms with Crippen LogP contribution in [0.2, 0.25) is 0 Å². The van der Waals surface area contributed by atoms with Crippen molar-refractivity contribution in [3.05, 3.63) is 82.7 Å². The molecule has 2 aromatic heterocycles. The van der Waals surface area contributed by atoms with Gasteiger partial charge in [-0.2, -0.15) is 5.10 Å². The number of aliphatic hydroxyl groups is 1. The Morgan fingerprint density at radius 1 is 1.18 bits per heavy atom. The second-order valence-electron chi connectivity index (χ2n) is 7.73. The Morgan fingerprint density at radius 2 is 1.91 bits per heavy atom. The van der Waals surface area contributed by atoms with Crippen LogP contribution < -0.4 is 0 Å². The number of nitrogens with zero attached hydrogens (tertiary/aromatic N) is 4. The molecule has 0 aliphatic carbocycles. The topological polar surface area (TPSA) is 98.0 Å². The molecule has 1 N–H and O–H groups in total. The molecule has 7 nitrogen and oxygen atoms in total. The van der Waals surface area contributed by atoms with Crippen LogP contribution in [0.4, 0.5) is 8.78 Å². The van der Waals surface area contributed by atoms with Gasteiger partial charge in [-0.1, -0.05) is 25.1 Å². The average molecular weight is 491 g/mol. The van der Waals surface area contributed by atoms with Crippen molar-refractivity contribution in [3.63, 3.8) is 0 Å². The van der Waals surface area contributed by atoms with Crippen molar-refractivity contribution in [1.82, 2.24) is 19.7 Å². The highest BCUT2D eigenvalue weighted by atomic mass is 32.2. The molecule has 2 aromatic carbocycles. The van der Waals surface area contributed by atoms with Crippen molar-refractivity contribution in [2.75, 3.05) is 6.26 Å². The first-order valence-corrected chi connectivity index (χ1v) is 12.6. The Hall–Kier alpha value is -3.02. The van der Waals surface area contributed by atoms with E-state index in [2.05, 4.69) is 15.1 Å². The number of thiazole rings is 1. The van der Waals surface area contributed by atoms with Gasteiger partial charge in [0, 0.05) is 34.7 Å². The third kappa shape index (κ3) is 4.70. The second-order valence-corrected chi connectivity index (χ2v) is 10.6. The van der Waals surface area contributed by atoms with Crippen molar-refractivity contribution in [3.8, 4) is 11.3 Å². The molecule has 33 heavy (non-hydrogen) atoms. The van der Waals surface area contributed by atoms with Gasteiger partial charge in [0.25, 0.3) is 0 Å². The van der Waals surface area contributed by atoms with Gasteiger partial charge in [0.15, 0.2) is 9.84 Å². The van der Waals surface area contributed by atoms with Crippen molar-refractivity contribution in [2.24, 2.45) is 0 Å². The second kappa shape index (κ2) is 8.73. The van der Waals surface area contributed by atoms with Crippen LogP contribution in [0.3, 0.4) is 0 Å². The van der Waals surface area contributed by atoms with E-state index in [1.54, 1.807) is 24.4 Å². The molecule has 0 aliphatic rings. The minimum absolute atomic E-state index is 0.0823. The van der Waals surface area contributed by atoms with E-state index in [0.717, 1.165) is 18.4 Å². The molecule has 2 heterocycles. The zero-order chi connectivity index (χ0) is 23.8. The monoisotopic (exact) mass is 490 g/mol. The van der Waals surface area contributed by atoms with E-state index in [0.29, 0.717) is 16.3 Å². The first-order valence-electron chi connectivity index (χ1n) is 9.84. The molecule has 0 radical (unpaired) electrons. The number of sulfone groups is 1. The highest BCUT2D eigenvalue weighted by Crippen LogP contribution is 2.41. The molecular weight excluding hydrogens is 470 g/mol. The van der Waals surface area contributed by atoms with Gasteiger partial charge in [0.1, 0.15) is 29.9 Å². The van der Waals surface area contributed by atoms with Gasteiger partial charge in [0.2, 0.25) is 0 Å². The van der Waals surface area contributed by atoms with Crippen LogP contribution in [0.5, 0.6) is 0 Å². The Kier molecular flexibility index (Phi) is 6.12. The summed E-state index contributed by atoms with van der Waals surface area (Å²) in [6.07, 6.45) is 3.83. The lowest BCUT2D eigenvalue weighted by Gasteiger charge is -2.33. The first-order chi connectivity index (χ1) is 15.6. The summed E-state index contributed by atoms with van der Waals surface area (Å²) in [5.74, 6) is -2.32. The van der Waals surface area contributed by atoms with Gasteiger partial charge >= 0.3 is 0 Å². The highest BCUT2D eigenvalue weighted by Gasteiger charge is 2.41. The van der Waals surface area contributed by atoms with Gasteiger partial charge in [0.05, 0.1) is 22.1 Å². The van der Waals surface area contributed by atoms with Crippen molar-refractivity contribution >= 4 is 21.2 Å². The third-order valence-corrected chi connectivity index (χ3v) is 7.61. The van der Waals surface area contributed by atoms with E-state index in [9.17, 15) is 22.3 Å². The Bertz CT molecular complexity index is 1370. The zero-order valence-electron chi connectivity index (χ0n) is 17.7. The van der Waals surface area contributed by atoms with Gasteiger partial charge in [-0.15, -0.1) is 11.3 Å². The molecule has 0 aliphatic heterocycles. The normalized spacial score (nSPS) is 14.7. The lowest BCUT2D eigenvalue weighted by Crippen LogP contribution is -2.38. The maximum absolute atomic E-state index is 14.7. The van der Waals surface area contributed by atoms with E-state index in [1.807, 2.05) is 0 Å². The predicted molar refractivity (Wildman–Crippen MR) is 119 cm³/mol. The van der Waals surface area contributed by atoms with Crippen LogP contribution in [0.25, 0.3) is 11.3 Å². The van der Waals surface area contributed by atoms with E-state index < -0.39 is 33.0 Å². The van der Waals surface area contributed by atoms with Crippen LogP contribution in [0.15, 0.2) is 65.4 Å². The van der Waals surface area contributed by atoms with Crippen molar-refractivity contribution < 1.29 is 22.3 Å². The number of benzene rings is 2. The molecule has 0 saturated carbocycles. The molecule has 11 heteroatoms. The van der Waals surface area contributed by atoms with E-state index >= 15 is 0 Å². The molecule has 0 bridgehead atoms. The number of hydrogen-bond acceptors (Lipinski definition) is 7. The smallest absolute Gasteiger partial charge is 0.175 e. The third-order valence-electron chi connectivity index (χ3n) is 5.45. The molecular formula is C22H20F2N4O3S2. The summed E-state index contributed by atoms with van der Waals surface area (Å²) in [5, 5.41) is 18.0. The molecule has 2 unspecified atom stereocenters. The number of halogens is 2. The fourth-order valence-electron chi connectivity index (χ4n) is 3.55. The summed E-state index contributed by atoms with van der Waals surface area (Å²) in [4.78, 5) is 8.67. The minimum Gasteiger partial charge on any atom is -0.382 e. The highest BCUT2D eigenvalue weighted by molar-refractivity contribution is 7.90. The SMILES string of the molecule is CC(c1nc(-c2ccc(S(C)(=O)=O)cc2)cs1)C(O)(Cn1cncn1)c1ccc(F)cc1F. The van der Waals surface area contributed by atoms with E-state index in [-0.39, 0.29) is 17.0 Å². The van der Waals surface area contributed by atoms with Crippen LogP contribution in [-0.4, -0.2) is 39.5 Å². The minimum atomic E-state index is -3.32. The summed E-state index contributed by atoms with van der Waals surface area (Å²) in [6, 6.07) is 9.35. The summed E-state index contributed by atoms with van der Waals surface area (Å²) in [7, 11) is -3.32. The fourth-order valence-corrected chi connectivity index (χ4v) is 5.16. The Labute approximate surface area is 193 Å². The number of rotatable bonds is 7. The van der Waals surface area contributed by atoms with Crippen LogP contribution >= 0.6 is 11.3 Å². The molecule has 0 fully saturated rings.